The van der Waals surface area contributed by atoms with E-state index in [0.717, 1.165) is 35.1 Å². The zero-order valence-corrected chi connectivity index (χ0v) is 17.2. The first-order valence-electron chi connectivity index (χ1n) is 8.45. The molecule has 2 aromatic carbocycles. The Balaban J connectivity index is 1.70. The number of nitrogens with zero attached hydrogens (tertiary/aromatic N) is 2. The van der Waals surface area contributed by atoms with Crippen molar-refractivity contribution < 1.29 is 9.84 Å². The molecular formula is C20H20Cl2N2O2S. The summed E-state index contributed by atoms with van der Waals surface area (Å²) in [6.07, 6.45) is 2.56. The number of halogens is 2. The van der Waals surface area contributed by atoms with Gasteiger partial charge in [-0.15, -0.1) is 0 Å². The van der Waals surface area contributed by atoms with Crippen molar-refractivity contribution in [1.82, 2.24) is 9.55 Å². The molecule has 0 amide bonds. The largest absolute Gasteiger partial charge is 0.497 e. The molecule has 0 saturated heterocycles. The van der Waals surface area contributed by atoms with Gasteiger partial charge in [-0.25, -0.2) is 4.98 Å². The maximum Gasteiger partial charge on any atom is 0.168 e. The number of thioether (sulfide) groups is 1. The first kappa shape index (κ1) is 20.1. The number of imidazole rings is 1. The van der Waals surface area contributed by atoms with E-state index in [9.17, 15) is 5.11 Å². The summed E-state index contributed by atoms with van der Waals surface area (Å²) in [5, 5.41) is 11.8. The van der Waals surface area contributed by atoms with Crippen LogP contribution in [0.15, 0.2) is 53.8 Å². The molecule has 7 heteroatoms. The molecule has 1 N–H and O–H groups in total. The maximum absolute atomic E-state index is 9.63. The lowest BCUT2D eigenvalue weighted by Gasteiger charge is -2.11. The van der Waals surface area contributed by atoms with Crippen molar-refractivity contribution >= 4 is 35.0 Å². The molecule has 142 valence electrons. The summed E-state index contributed by atoms with van der Waals surface area (Å²) in [7, 11) is 1.66. The minimum Gasteiger partial charge on any atom is -0.497 e. The molecule has 0 atom stereocenters. The van der Waals surface area contributed by atoms with Gasteiger partial charge in [-0.1, -0.05) is 53.2 Å². The highest BCUT2D eigenvalue weighted by Gasteiger charge is 2.12. The van der Waals surface area contributed by atoms with Crippen molar-refractivity contribution in [3.05, 3.63) is 75.5 Å². The first-order valence-corrected chi connectivity index (χ1v) is 10.2. The topological polar surface area (TPSA) is 47.3 Å². The van der Waals surface area contributed by atoms with Crippen LogP contribution in [0, 0.1) is 0 Å². The lowest BCUT2D eigenvalue weighted by Crippen LogP contribution is -2.07. The summed E-state index contributed by atoms with van der Waals surface area (Å²) in [5.74, 6) is 1.52. The molecule has 0 spiro atoms. The average Bonchev–Trinajstić information content (AvgIpc) is 3.08. The molecule has 3 rings (SSSR count). The van der Waals surface area contributed by atoms with Crippen LogP contribution in [0.2, 0.25) is 10.0 Å². The van der Waals surface area contributed by atoms with E-state index in [4.69, 9.17) is 27.9 Å². The normalized spacial score (nSPS) is 11.0. The van der Waals surface area contributed by atoms with E-state index >= 15 is 0 Å². The quantitative estimate of drug-likeness (QED) is 0.505. The molecule has 3 aromatic rings. The Kier molecular flexibility index (Phi) is 7.07. The fraction of sp³-hybridized carbons (Fsp3) is 0.250. The monoisotopic (exact) mass is 422 g/mol. The van der Waals surface area contributed by atoms with Gasteiger partial charge in [-0.05, 0) is 41.8 Å². The van der Waals surface area contributed by atoms with Crippen LogP contribution in [0.4, 0.5) is 0 Å². The Morgan fingerprint density at radius 1 is 1.15 bits per heavy atom. The van der Waals surface area contributed by atoms with E-state index in [2.05, 4.69) is 21.7 Å². The molecular weight excluding hydrogens is 403 g/mol. The third kappa shape index (κ3) is 5.20. The minimum atomic E-state index is -0.0438. The summed E-state index contributed by atoms with van der Waals surface area (Å²) >= 11 is 13.8. The van der Waals surface area contributed by atoms with Crippen molar-refractivity contribution in [2.75, 3.05) is 7.11 Å². The van der Waals surface area contributed by atoms with Crippen LogP contribution in [-0.2, 0) is 25.3 Å². The second-order valence-corrected chi connectivity index (χ2v) is 7.75. The van der Waals surface area contributed by atoms with Gasteiger partial charge in [0, 0.05) is 22.3 Å². The van der Waals surface area contributed by atoms with Crippen molar-refractivity contribution in [2.24, 2.45) is 0 Å². The van der Waals surface area contributed by atoms with Gasteiger partial charge in [-0.3, -0.25) is 0 Å². The number of methoxy groups -OCH3 is 1. The lowest BCUT2D eigenvalue weighted by molar-refractivity contribution is 0.269. The fourth-order valence-corrected chi connectivity index (χ4v) is 4.27. The van der Waals surface area contributed by atoms with Crippen molar-refractivity contribution in [1.29, 1.82) is 0 Å². The molecule has 1 aromatic heterocycles. The van der Waals surface area contributed by atoms with Crippen LogP contribution in [0.25, 0.3) is 0 Å². The van der Waals surface area contributed by atoms with Gasteiger partial charge in [0.1, 0.15) is 5.75 Å². The second-order valence-electron chi connectivity index (χ2n) is 5.96. The highest BCUT2D eigenvalue weighted by atomic mass is 35.5. The summed E-state index contributed by atoms with van der Waals surface area (Å²) in [6.45, 7) is 0.691. The van der Waals surface area contributed by atoms with Crippen molar-refractivity contribution in [3.8, 4) is 5.75 Å². The number of aromatic nitrogens is 2. The molecule has 0 aliphatic rings. The van der Waals surface area contributed by atoms with E-state index in [1.807, 2.05) is 24.3 Å². The zero-order chi connectivity index (χ0) is 19.2. The maximum atomic E-state index is 9.63. The zero-order valence-electron chi connectivity index (χ0n) is 14.9. The Morgan fingerprint density at radius 2 is 1.93 bits per heavy atom. The Morgan fingerprint density at radius 3 is 2.59 bits per heavy atom. The van der Waals surface area contributed by atoms with E-state index in [1.54, 1.807) is 31.1 Å². The van der Waals surface area contributed by atoms with Crippen molar-refractivity contribution in [2.45, 2.75) is 30.5 Å². The van der Waals surface area contributed by atoms with Gasteiger partial charge >= 0.3 is 0 Å². The third-order valence-corrected chi connectivity index (χ3v) is 5.84. The number of aliphatic hydroxyl groups excluding tert-OH is 1. The molecule has 1 heterocycles. The smallest absolute Gasteiger partial charge is 0.168 e. The number of aryl methyl sites for hydroxylation is 1. The molecule has 0 aliphatic heterocycles. The summed E-state index contributed by atoms with van der Waals surface area (Å²) in [4.78, 5) is 4.47. The number of benzene rings is 2. The highest BCUT2D eigenvalue weighted by Crippen LogP contribution is 2.29. The van der Waals surface area contributed by atoms with Gasteiger partial charge < -0.3 is 14.4 Å². The molecule has 4 nitrogen and oxygen atoms in total. The molecule has 27 heavy (non-hydrogen) atoms. The number of rotatable bonds is 8. The molecule has 0 radical (unpaired) electrons. The molecule has 0 saturated carbocycles. The lowest BCUT2D eigenvalue weighted by atomic mass is 10.1. The molecule has 0 unspecified atom stereocenters. The predicted octanol–water partition coefficient (Wildman–Crippen LogP) is 5.23. The number of ether oxygens (including phenoxy) is 1. The van der Waals surface area contributed by atoms with Gasteiger partial charge in [-0.2, -0.15) is 0 Å². The van der Waals surface area contributed by atoms with E-state index in [-0.39, 0.29) is 6.61 Å². The summed E-state index contributed by atoms with van der Waals surface area (Å²) < 4.78 is 7.25. The van der Waals surface area contributed by atoms with Gasteiger partial charge in [0.05, 0.1) is 25.6 Å². The number of hydrogen-bond acceptors (Lipinski definition) is 4. The van der Waals surface area contributed by atoms with E-state index in [1.165, 1.54) is 5.56 Å². The van der Waals surface area contributed by atoms with Crippen LogP contribution in [-0.4, -0.2) is 21.8 Å². The SMILES string of the molecule is COc1ccc(CCn2c(CO)cnc2SCc2ccc(Cl)cc2Cl)cc1. The number of aliphatic hydroxyl groups is 1. The molecule has 0 fully saturated rings. The fourth-order valence-electron chi connectivity index (χ4n) is 2.69. The highest BCUT2D eigenvalue weighted by molar-refractivity contribution is 7.98. The first-order chi connectivity index (χ1) is 13.1. The minimum absolute atomic E-state index is 0.0438. The average molecular weight is 423 g/mol. The van der Waals surface area contributed by atoms with Gasteiger partial charge in [0.15, 0.2) is 5.16 Å². The Labute approximate surface area is 173 Å². The Hall–Kier alpha value is -1.66. The van der Waals surface area contributed by atoms with E-state index < -0.39 is 0 Å². The van der Waals surface area contributed by atoms with Crippen LogP contribution in [0.5, 0.6) is 5.75 Å². The van der Waals surface area contributed by atoms with Crippen LogP contribution >= 0.6 is 35.0 Å². The van der Waals surface area contributed by atoms with Crippen molar-refractivity contribution in [3.63, 3.8) is 0 Å². The summed E-state index contributed by atoms with van der Waals surface area (Å²) in [6, 6.07) is 13.5. The van der Waals surface area contributed by atoms with Crippen LogP contribution in [0.3, 0.4) is 0 Å². The van der Waals surface area contributed by atoms with Gasteiger partial charge in [0.2, 0.25) is 0 Å². The van der Waals surface area contributed by atoms with E-state index in [0.29, 0.717) is 15.8 Å². The van der Waals surface area contributed by atoms with Gasteiger partial charge in [0.25, 0.3) is 0 Å². The second kappa shape index (κ2) is 9.51. The number of hydrogen-bond donors (Lipinski definition) is 1. The van der Waals surface area contributed by atoms with Crippen LogP contribution in [0.1, 0.15) is 16.8 Å². The molecule has 0 aliphatic carbocycles. The molecule has 0 bridgehead atoms. The van der Waals surface area contributed by atoms with Crippen LogP contribution < -0.4 is 4.74 Å². The Bertz CT molecular complexity index is 897. The summed E-state index contributed by atoms with van der Waals surface area (Å²) in [5.41, 5.74) is 3.00. The predicted molar refractivity (Wildman–Crippen MR) is 111 cm³/mol. The standard InChI is InChI=1S/C20H20Cl2N2O2S/c1-26-18-6-2-14(3-7-18)8-9-24-17(12-25)11-23-20(24)27-13-15-4-5-16(21)10-19(15)22/h2-7,10-11,25H,8-9,12-13H2,1H3. The third-order valence-electron chi connectivity index (χ3n) is 4.22.